The van der Waals surface area contributed by atoms with Crippen LogP contribution in [0.2, 0.25) is 0 Å². The third-order valence-electron chi connectivity index (χ3n) is 2.81. The molecule has 0 radical (unpaired) electrons. The van der Waals surface area contributed by atoms with Crippen molar-refractivity contribution in [2.24, 2.45) is 0 Å². The van der Waals surface area contributed by atoms with Crippen LogP contribution in [0.25, 0.3) is 10.9 Å². The van der Waals surface area contributed by atoms with Gasteiger partial charge in [0.1, 0.15) is 11.4 Å². The largest absolute Gasteiger partial charge is 0.462 e. The Bertz CT molecular complexity index is 778. The number of fused-ring (bicyclic) bond motifs is 1. The molecule has 0 aliphatic heterocycles. The molecule has 1 aromatic carbocycles. The van der Waals surface area contributed by atoms with Crippen molar-refractivity contribution in [1.29, 1.82) is 0 Å². The first-order valence-electron chi connectivity index (χ1n) is 6.33. The van der Waals surface area contributed by atoms with Gasteiger partial charge in [-0.2, -0.15) is 0 Å². The maximum atomic E-state index is 13.7. The number of H-pyrrole nitrogens is 1. The number of aromatic nitrogens is 1. The molecule has 22 heavy (non-hydrogen) atoms. The zero-order chi connectivity index (χ0) is 16.3. The Morgan fingerprint density at radius 3 is 2.82 bits per heavy atom. The fourth-order valence-electron chi connectivity index (χ4n) is 1.88. The monoisotopic (exact) mass is 389 g/mol. The number of nitrogens with one attached hydrogen (secondary N) is 1. The fraction of sp³-hybridized carbons (Fsp3) is 0.286. The predicted octanol–water partition coefficient (Wildman–Crippen LogP) is 3.30. The van der Waals surface area contributed by atoms with Crippen LogP contribution in [0.5, 0.6) is 0 Å². The molecule has 5 nitrogen and oxygen atoms in total. The Morgan fingerprint density at radius 1 is 1.45 bits per heavy atom. The lowest BCUT2D eigenvalue weighted by Gasteiger charge is -2.10. The number of carbonyl (C=O) groups excluding carboxylic acids is 1. The number of methoxy groups -OCH3 is 1. The van der Waals surface area contributed by atoms with E-state index in [-0.39, 0.29) is 28.0 Å². The number of halogens is 2. The Labute approximate surface area is 138 Å². The average Bonchev–Trinajstić information content (AvgIpc) is 2.47. The molecule has 0 saturated carbocycles. The van der Waals surface area contributed by atoms with E-state index in [1.54, 1.807) is 6.92 Å². The van der Waals surface area contributed by atoms with Crippen molar-refractivity contribution in [2.45, 2.75) is 11.9 Å². The van der Waals surface area contributed by atoms with Gasteiger partial charge in [-0.05, 0) is 35.0 Å². The first-order chi connectivity index (χ1) is 10.5. The highest BCUT2D eigenvalue weighted by Crippen LogP contribution is 2.25. The molecule has 2 aromatic rings. The molecule has 0 unspecified atom stereocenters. The SMILES string of the molecule is CCOC(=O)c1c(SCOC)[nH]c2cc(Br)c(F)cc2c1=O. The van der Waals surface area contributed by atoms with Crippen molar-refractivity contribution in [2.75, 3.05) is 19.7 Å². The molecule has 0 atom stereocenters. The minimum absolute atomic E-state index is 0.0884. The summed E-state index contributed by atoms with van der Waals surface area (Å²) >= 11 is 4.22. The van der Waals surface area contributed by atoms with E-state index in [0.29, 0.717) is 10.5 Å². The molecule has 8 heteroatoms. The van der Waals surface area contributed by atoms with E-state index in [0.717, 1.165) is 17.8 Å². The van der Waals surface area contributed by atoms with Crippen LogP contribution >= 0.6 is 27.7 Å². The minimum atomic E-state index is -0.743. The average molecular weight is 390 g/mol. The highest BCUT2D eigenvalue weighted by molar-refractivity contribution is 9.10. The van der Waals surface area contributed by atoms with Crippen molar-refractivity contribution in [1.82, 2.24) is 4.98 Å². The van der Waals surface area contributed by atoms with Crippen molar-refractivity contribution < 1.29 is 18.7 Å². The maximum Gasteiger partial charge on any atom is 0.344 e. The van der Waals surface area contributed by atoms with Crippen LogP contribution in [-0.4, -0.2) is 30.6 Å². The summed E-state index contributed by atoms with van der Waals surface area (Å²) in [5.41, 5.74) is -0.291. The molecule has 0 spiro atoms. The third kappa shape index (κ3) is 3.34. The first-order valence-corrected chi connectivity index (χ1v) is 8.11. The molecule has 0 aliphatic carbocycles. The summed E-state index contributed by atoms with van der Waals surface area (Å²) in [5.74, 6) is -1.08. The van der Waals surface area contributed by atoms with Crippen LogP contribution < -0.4 is 5.43 Å². The van der Waals surface area contributed by atoms with E-state index < -0.39 is 17.2 Å². The van der Waals surface area contributed by atoms with Gasteiger partial charge in [0.25, 0.3) is 0 Å². The molecule has 0 bridgehead atoms. The van der Waals surface area contributed by atoms with Gasteiger partial charge in [0.05, 0.1) is 27.6 Å². The minimum Gasteiger partial charge on any atom is -0.462 e. The summed E-state index contributed by atoms with van der Waals surface area (Å²) in [7, 11) is 1.50. The molecule has 0 fully saturated rings. The van der Waals surface area contributed by atoms with E-state index >= 15 is 0 Å². The smallest absolute Gasteiger partial charge is 0.344 e. The zero-order valence-corrected chi connectivity index (χ0v) is 14.3. The number of esters is 1. The number of hydrogen-bond donors (Lipinski definition) is 1. The highest BCUT2D eigenvalue weighted by atomic mass is 79.9. The van der Waals surface area contributed by atoms with E-state index in [1.165, 1.54) is 13.2 Å². The van der Waals surface area contributed by atoms with Crippen LogP contribution in [0.1, 0.15) is 17.3 Å². The second kappa shape index (κ2) is 7.26. The number of benzene rings is 1. The van der Waals surface area contributed by atoms with Gasteiger partial charge in [-0.1, -0.05) is 11.8 Å². The normalized spacial score (nSPS) is 10.9. The molecule has 0 saturated heterocycles. The lowest BCUT2D eigenvalue weighted by Crippen LogP contribution is -2.20. The summed E-state index contributed by atoms with van der Waals surface area (Å²) < 4.78 is 23.8. The summed E-state index contributed by atoms with van der Waals surface area (Å²) in [6.45, 7) is 1.78. The molecule has 0 aliphatic rings. The van der Waals surface area contributed by atoms with Crippen molar-refractivity contribution in [3.63, 3.8) is 0 Å². The van der Waals surface area contributed by atoms with Gasteiger partial charge >= 0.3 is 5.97 Å². The number of thioether (sulfide) groups is 1. The van der Waals surface area contributed by atoms with Crippen molar-refractivity contribution >= 4 is 44.6 Å². The van der Waals surface area contributed by atoms with E-state index in [9.17, 15) is 14.0 Å². The molecular formula is C14H13BrFNO4S. The quantitative estimate of drug-likeness (QED) is 0.482. The Kier molecular flexibility index (Phi) is 5.60. The number of hydrogen-bond acceptors (Lipinski definition) is 5. The molecule has 0 amide bonds. The van der Waals surface area contributed by atoms with Gasteiger partial charge in [0, 0.05) is 12.5 Å². The summed E-state index contributed by atoms with van der Waals surface area (Å²) in [4.78, 5) is 27.5. The number of aromatic amines is 1. The highest BCUT2D eigenvalue weighted by Gasteiger charge is 2.21. The van der Waals surface area contributed by atoms with Crippen LogP contribution in [-0.2, 0) is 9.47 Å². The van der Waals surface area contributed by atoms with Gasteiger partial charge in [-0.15, -0.1) is 0 Å². The van der Waals surface area contributed by atoms with E-state index in [2.05, 4.69) is 20.9 Å². The standard InChI is InChI=1S/C14H13BrFNO4S/c1-3-21-14(19)11-12(18)7-4-9(16)8(15)5-10(7)17-13(11)22-6-20-2/h4-5H,3,6H2,1-2H3,(H,17,18). The summed E-state index contributed by atoms with van der Waals surface area (Å²) in [5, 5.41) is 0.418. The summed E-state index contributed by atoms with van der Waals surface area (Å²) in [6, 6.07) is 2.55. The van der Waals surface area contributed by atoms with E-state index in [1.807, 2.05) is 0 Å². The molecule has 1 aromatic heterocycles. The lowest BCUT2D eigenvalue weighted by atomic mass is 10.1. The molecule has 2 rings (SSSR count). The molecule has 118 valence electrons. The predicted molar refractivity (Wildman–Crippen MR) is 85.9 cm³/mol. The Balaban J connectivity index is 2.72. The van der Waals surface area contributed by atoms with Crippen LogP contribution in [0.3, 0.4) is 0 Å². The fourth-order valence-corrected chi connectivity index (χ4v) is 2.96. The Hall–Kier alpha value is -1.38. The van der Waals surface area contributed by atoms with Crippen molar-refractivity contribution in [3.05, 3.63) is 38.2 Å². The third-order valence-corrected chi connectivity index (χ3v) is 4.36. The topological polar surface area (TPSA) is 68.4 Å². The van der Waals surface area contributed by atoms with Crippen LogP contribution in [0.15, 0.2) is 26.4 Å². The summed E-state index contributed by atoms with van der Waals surface area (Å²) in [6.07, 6.45) is 0. The van der Waals surface area contributed by atoms with E-state index in [4.69, 9.17) is 9.47 Å². The number of carbonyl (C=O) groups is 1. The molecule has 1 heterocycles. The number of rotatable bonds is 5. The zero-order valence-electron chi connectivity index (χ0n) is 11.9. The van der Waals surface area contributed by atoms with Gasteiger partial charge in [0.15, 0.2) is 0 Å². The van der Waals surface area contributed by atoms with Gasteiger partial charge < -0.3 is 14.5 Å². The van der Waals surface area contributed by atoms with Gasteiger partial charge in [0.2, 0.25) is 5.43 Å². The Morgan fingerprint density at radius 2 is 2.18 bits per heavy atom. The molecule has 1 N–H and O–H groups in total. The van der Waals surface area contributed by atoms with Crippen LogP contribution in [0.4, 0.5) is 4.39 Å². The van der Waals surface area contributed by atoms with Crippen LogP contribution in [0, 0.1) is 5.82 Å². The second-order valence-electron chi connectivity index (χ2n) is 4.24. The van der Waals surface area contributed by atoms with Crippen molar-refractivity contribution in [3.8, 4) is 0 Å². The van der Waals surface area contributed by atoms with Gasteiger partial charge in [-0.3, -0.25) is 4.79 Å². The molecular weight excluding hydrogens is 377 g/mol. The lowest BCUT2D eigenvalue weighted by molar-refractivity contribution is 0.0520. The number of pyridine rings is 1. The first kappa shape index (κ1) is 17.0. The second-order valence-corrected chi connectivity index (χ2v) is 6.03. The van der Waals surface area contributed by atoms with Gasteiger partial charge in [-0.25, -0.2) is 9.18 Å². The number of ether oxygens (including phenoxy) is 2. The maximum absolute atomic E-state index is 13.7.